The lowest BCUT2D eigenvalue weighted by Gasteiger charge is -2.17. The SMILES string of the molecule is Cc1cc(O)c(-c2c(O)ccc3ccccc23)c(C)c1C. The van der Waals surface area contributed by atoms with E-state index < -0.39 is 0 Å². The van der Waals surface area contributed by atoms with E-state index in [0.717, 1.165) is 27.5 Å². The molecule has 2 nitrogen and oxygen atoms in total. The minimum atomic E-state index is 0.190. The third kappa shape index (κ3) is 2.04. The summed E-state index contributed by atoms with van der Waals surface area (Å²) < 4.78 is 0. The lowest BCUT2D eigenvalue weighted by Crippen LogP contribution is -1.93. The Morgan fingerprint density at radius 2 is 1.43 bits per heavy atom. The van der Waals surface area contributed by atoms with E-state index in [2.05, 4.69) is 0 Å². The maximum atomic E-state index is 10.4. The Balaban J connectivity index is 2.47. The van der Waals surface area contributed by atoms with Crippen LogP contribution >= 0.6 is 0 Å². The standard InChI is InChI=1S/C19H18O2/c1-11-10-17(21)18(13(3)12(11)2)19-15-7-5-4-6-14(15)8-9-16(19)20/h4-10,20-21H,1-3H3. The number of rotatable bonds is 1. The van der Waals surface area contributed by atoms with Gasteiger partial charge in [0, 0.05) is 11.1 Å². The monoisotopic (exact) mass is 278 g/mol. The molecule has 0 aliphatic carbocycles. The third-order valence-electron chi connectivity index (χ3n) is 4.30. The van der Waals surface area contributed by atoms with Crippen molar-refractivity contribution in [1.29, 1.82) is 0 Å². The molecule has 0 aliphatic heterocycles. The summed E-state index contributed by atoms with van der Waals surface area (Å²) in [7, 11) is 0. The zero-order chi connectivity index (χ0) is 15.1. The molecular weight excluding hydrogens is 260 g/mol. The number of aromatic hydroxyl groups is 2. The molecule has 0 saturated carbocycles. The Hall–Kier alpha value is -2.48. The van der Waals surface area contributed by atoms with Gasteiger partial charge in [-0.2, -0.15) is 0 Å². The minimum absolute atomic E-state index is 0.190. The van der Waals surface area contributed by atoms with E-state index in [9.17, 15) is 10.2 Å². The first-order valence-corrected chi connectivity index (χ1v) is 7.01. The van der Waals surface area contributed by atoms with Crippen molar-refractivity contribution < 1.29 is 10.2 Å². The molecule has 3 aromatic carbocycles. The highest BCUT2D eigenvalue weighted by molar-refractivity contribution is 6.01. The lowest BCUT2D eigenvalue weighted by atomic mass is 9.89. The summed E-state index contributed by atoms with van der Waals surface area (Å²) in [5, 5.41) is 22.8. The highest BCUT2D eigenvalue weighted by Crippen LogP contribution is 2.43. The smallest absolute Gasteiger partial charge is 0.124 e. The first-order valence-electron chi connectivity index (χ1n) is 7.01. The van der Waals surface area contributed by atoms with Crippen molar-refractivity contribution in [2.75, 3.05) is 0 Å². The van der Waals surface area contributed by atoms with Gasteiger partial charge in [0.2, 0.25) is 0 Å². The van der Waals surface area contributed by atoms with Crippen LogP contribution in [0.4, 0.5) is 0 Å². The van der Waals surface area contributed by atoms with E-state index in [1.54, 1.807) is 12.1 Å². The van der Waals surface area contributed by atoms with E-state index in [0.29, 0.717) is 11.1 Å². The van der Waals surface area contributed by atoms with Crippen LogP contribution in [0.2, 0.25) is 0 Å². The van der Waals surface area contributed by atoms with Crippen molar-refractivity contribution in [3.05, 3.63) is 59.2 Å². The van der Waals surface area contributed by atoms with Gasteiger partial charge in [0.25, 0.3) is 0 Å². The topological polar surface area (TPSA) is 40.5 Å². The maximum Gasteiger partial charge on any atom is 0.124 e. The van der Waals surface area contributed by atoms with Crippen LogP contribution in [0.1, 0.15) is 16.7 Å². The first kappa shape index (κ1) is 13.5. The van der Waals surface area contributed by atoms with Crippen molar-refractivity contribution in [2.45, 2.75) is 20.8 Å². The van der Waals surface area contributed by atoms with Crippen molar-refractivity contribution in [1.82, 2.24) is 0 Å². The molecule has 0 bridgehead atoms. The Morgan fingerprint density at radius 1 is 0.714 bits per heavy atom. The minimum Gasteiger partial charge on any atom is -0.507 e. The number of fused-ring (bicyclic) bond motifs is 1. The van der Waals surface area contributed by atoms with Crippen LogP contribution in [0.5, 0.6) is 11.5 Å². The molecule has 0 aromatic heterocycles. The molecule has 21 heavy (non-hydrogen) atoms. The van der Waals surface area contributed by atoms with Gasteiger partial charge in [-0.15, -0.1) is 0 Å². The fraction of sp³-hybridized carbons (Fsp3) is 0.158. The summed E-state index contributed by atoms with van der Waals surface area (Å²) in [6.45, 7) is 6.00. The van der Waals surface area contributed by atoms with E-state index in [1.807, 2.05) is 51.1 Å². The molecule has 2 N–H and O–H groups in total. The molecule has 106 valence electrons. The Kier molecular flexibility index (Phi) is 3.09. The zero-order valence-corrected chi connectivity index (χ0v) is 12.4. The van der Waals surface area contributed by atoms with Crippen LogP contribution in [0.15, 0.2) is 42.5 Å². The van der Waals surface area contributed by atoms with Crippen LogP contribution in [-0.4, -0.2) is 10.2 Å². The molecule has 0 saturated heterocycles. The van der Waals surface area contributed by atoms with Crippen molar-refractivity contribution in [3.8, 4) is 22.6 Å². The molecule has 0 fully saturated rings. The van der Waals surface area contributed by atoms with Gasteiger partial charge in [-0.1, -0.05) is 30.3 Å². The van der Waals surface area contributed by atoms with E-state index in [4.69, 9.17) is 0 Å². The molecule has 0 unspecified atom stereocenters. The highest BCUT2D eigenvalue weighted by atomic mass is 16.3. The second-order valence-electron chi connectivity index (χ2n) is 5.52. The Labute approximate surface area is 124 Å². The average Bonchev–Trinajstić information content (AvgIpc) is 2.47. The van der Waals surface area contributed by atoms with Gasteiger partial charge in [0.05, 0.1) is 0 Å². The summed E-state index contributed by atoms with van der Waals surface area (Å²) >= 11 is 0. The van der Waals surface area contributed by atoms with Gasteiger partial charge in [-0.05, 0) is 60.4 Å². The molecular formula is C19H18O2. The molecule has 3 aromatic rings. The second kappa shape index (κ2) is 4.81. The Morgan fingerprint density at radius 3 is 2.19 bits per heavy atom. The molecule has 0 radical (unpaired) electrons. The highest BCUT2D eigenvalue weighted by Gasteiger charge is 2.17. The van der Waals surface area contributed by atoms with Crippen molar-refractivity contribution >= 4 is 10.8 Å². The molecule has 0 aliphatic rings. The molecule has 0 atom stereocenters. The lowest BCUT2D eigenvalue weighted by molar-refractivity contribution is 0.469. The van der Waals surface area contributed by atoms with Crippen molar-refractivity contribution in [3.63, 3.8) is 0 Å². The van der Waals surface area contributed by atoms with Gasteiger partial charge < -0.3 is 10.2 Å². The average molecular weight is 278 g/mol. The molecule has 2 heteroatoms. The number of aryl methyl sites for hydroxylation is 1. The third-order valence-corrected chi connectivity index (χ3v) is 4.30. The molecule has 0 amide bonds. The van der Waals surface area contributed by atoms with Gasteiger partial charge in [0.15, 0.2) is 0 Å². The van der Waals surface area contributed by atoms with Gasteiger partial charge in [-0.3, -0.25) is 0 Å². The number of phenols is 2. The zero-order valence-electron chi connectivity index (χ0n) is 12.4. The quantitative estimate of drug-likeness (QED) is 0.668. The van der Waals surface area contributed by atoms with E-state index in [-0.39, 0.29) is 11.5 Å². The predicted octanol–water partition coefficient (Wildman–Crippen LogP) is 4.84. The number of hydrogen-bond donors (Lipinski definition) is 2. The normalized spacial score (nSPS) is 11.0. The summed E-state index contributed by atoms with van der Waals surface area (Å²) in [5.74, 6) is 0.401. The fourth-order valence-corrected chi connectivity index (χ4v) is 2.90. The first-order chi connectivity index (χ1) is 10.0. The summed E-state index contributed by atoms with van der Waals surface area (Å²) in [5.41, 5.74) is 4.60. The number of hydrogen-bond acceptors (Lipinski definition) is 2. The van der Waals surface area contributed by atoms with Crippen molar-refractivity contribution in [2.24, 2.45) is 0 Å². The van der Waals surface area contributed by atoms with Gasteiger partial charge in [-0.25, -0.2) is 0 Å². The molecule has 3 rings (SSSR count). The van der Waals surface area contributed by atoms with E-state index in [1.165, 1.54) is 0 Å². The van der Waals surface area contributed by atoms with E-state index >= 15 is 0 Å². The van der Waals surface area contributed by atoms with Gasteiger partial charge >= 0.3 is 0 Å². The fourth-order valence-electron chi connectivity index (χ4n) is 2.90. The van der Waals surface area contributed by atoms with Crippen LogP contribution in [-0.2, 0) is 0 Å². The summed E-state index contributed by atoms with van der Waals surface area (Å²) in [6.07, 6.45) is 0. The maximum absolute atomic E-state index is 10.4. The number of benzene rings is 3. The van der Waals surface area contributed by atoms with Crippen LogP contribution in [0.3, 0.4) is 0 Å². The van der Waals surface area contributed by atoms with Gasteiger partial charge in [0.1, 0.15) is 11.5 Å². The number of phenolic OH excluding ortho intramolecular Hbond substituents is 2. The largest absolute Gasteiger partial charge is 0.507 e. The second-order valence-corrected chi connectivity index (χ2v) is 5.52. The Bertz CT molecular complexity index is 848. The summed E-state index contributed by atoms with van der Waals surface area (Å²) in [4.78, 5) is 0. The predicted molar refractivity (Wildman–Crippen MR) is 86.9 cm³/mol. The van der Waals surface area contributed by atoms with Crippen LogP contribution in [0, 0.1) is 20.8 Å². The van der Waals surface area contributed by atoms with Crippen LogP contribution < -0.4 is 0 Å². The molecule has 0 spiro atoms. The van der Waals surface area contributed by atoms with Crippen LogP contribution in [0.25, 0.3) is 21.9 Å². The summed E-state index contributed by atoms with van der Waals surface area (Å²) in [6, 6.07) is 13.2. The molecule has 0 heterocycles.